The number of hydrogen-bond donors (Lipinski definition) is 1. The standard InChI is InChI=1S/C17H25NO2S/c1-3-4-5-11-17(12-6-13-17)14-18-21(19,20)16-9-7-15(2)8-10-16/h3,7-10,18H,1,4-6,11-14H2,2H3. The first kappa shape index (κ1) is 16.2. The molecule has 0 aromatic heterocycles. The zero-order valence-electron chi connectivity index (χ0n) is 12.8. The maximum atomic E-state index is 12.3. The minimum Gasteiger partial charge on any atom is -0.211 e. The maximum absolute atomic E-state index is 12.3. The molecule has 0 saturated heterocycles. The van der Waals surface area contributed by atoms with Crippen molar-refractivity contribution >= 4 is 10.0 Å². The summed E-state index contributed by atoms with van der Waals surface area (Å²) in [6.45, 7) is 6.25. The summed E-state index contributed by atoms with van der Waals surface area (Å²) in [4.78, 5) is 0.355. The summed E-state index contributed by atoms with van der Waals surface area (Å²) in [5.74, 6) is 0. The zero-order chi connectivity index (χ0) is 15.3. The molecule has 0 radical (unpaired) electrons. The van der Waals surface area contributed by atoms with E-state index in [1.54, 1.807) is 12.1 Å². The van der Waals surface area contributed by atoms with Crippen LogP contribution in [-0.4, -0.2) is 15.0 Å². The van der Waals surface area contributed by atoms with Crippen LogP contribution in [0.15, 0.2) is 41.8 Å². The van der Waals surface area contributed by atoms with Crippen molar-refractivity contribution in [3.8, 4) is 0 Å². The Morgan fingerprint density at radius 1 is 1.29 bits per heavy atom. The lowest BCUT2D eigenvalue weighted by molar-refractivity contribution is 0.122. The van der Waals surface area contributed by atoms with Crippen LogP contribution in [0.3, 0.4) is 0 Å². The predicted molar refractivity (Wildman–Crippen MR) is 86.7 cm³/mol. The second-order valence-electron chi connectivity index (χ2n) is 6.17. The molecule has 1 fully saturated rings. The Hall–Kier alpha value is -1.13. The molecule has 1 N–H and O–H groups in total. The first-order valence-corrected chi connectivity index (χ1v) is 9.13. The third-order valence-corrected chi connectivity index (χ3v) is 5.92. The van der Waals surface area contributed by atoms with Gasteiger partial charge in [-0.05, 0) is 56.6 Å². The average molecular weight is 307 g/mol. The summed E-state index contributed by atoms with van der Waals surface area (Å²) in [5, 5.41) is 0. The third-order valence-electron chi connectivity index (χ3n) is 4.50. The van der Waals surface area contributed by atoms with Gasteiger partial charge in [-0.15, -0.1) is 6.58 Å². The van der Waals surface area contributed by atoms with Crippen molar-refractivity contribution in [2.45, 2.75) is 50.3 Å². The van der Waals surface area contributed by atoms with E-state index in [0.29, 0.717) is 11.4 Å². The van der Waals surface area contributed by atoms with E-state index in [1.807, 2.05) is 25.1 Å². The van der Waals surface area contributed by atoms with Gasteiger partial charge >= 0.3 is 0 Å². The van der Waals surface area contributed by atoms with Gasteiger partial charge in [-0.1, -0.05) is 30.2 Å². The lowest BCUT2D eigenvalue weighted by Crippen LogP contribution is -2.42. The number of unbranched alkanes of at least 4 members (excludes halogenated alkanes) is 1. The van der Waals surface area contributed by atoms with E-state index in [2.05, 4.69) is 11.3 Å². The molecule has 1 aromatic carbocycles. The van der Waals surface area contributed by atoms with Crippen LogP contribution < -0.4 is 4.72 Å². The highest BCUT2D eigenvalue weighted by molar-refractivity contribution is 7.89. The summed E-state index contributed by atoms with van der Waals surface area (Å²) in [6, 6.07) is 7.00. The number of benzene rings is 1. The van der Waals surface area contributed by atoms with Gasteiger partial charge in [0.15, 0.2) is 0 Å². The van der Waals surface area contributed by atoms with E-state index in [1.165, 1.54) is 6.42 Å². The van der Waals surface area contributed by atoms with Crippen molar-refractivity contribution in [2.24, 2.45) is 5.41 Å². The molecule has 21 heavy (non-hydrogen) atoms. The smallest absolute Gasteiger partial charge is 0.211 e. The summed E-state index contributed by atoms with van der Waals surface area (Å²) in [6.07, 6.45) is 8.57. The molecular weight excluding hydrogens is 282 g/mol. The van der Waals surface area contributed by atoms with Crippen molar-refractivity contribution in [1.29, 1.82) is 0 Å². The van der Waals surface area contributed by atoms with E-state index in [4.69, 9.17) is 0 Å². The van der Waals surface area contributed by atoms with Crippen LogP contribution in [0.5, 0.6) is 0 Å². The Balaban J connectivity index is 1.96. The first-order chi connectivity index (χ1) is 9.97. The summed E-state index contributed by atoms with van der Waals surface area (Å²) in [5.41, 5.74) is 1.23. The fourth-order valence-electron chi connectivity index (χ4n) is 2.86. The van der Waals surface area contributed by atoms with Crippen molar-refractivity contribution in [3.63, 3.8) is 0 Å². The van der Waals surface area contributed by atoms with Crippen LogP contribution in [0.25, 0.3) is 0 Å². The number of aryl methyl sites for hydroxylation is 1. The average Bonchev–Trinajstić information content (AvgIpc) is 2.41. The molecule has 1 aliphatic rings. The number of nitrogens with one attached hydrogen (secondary N) is 1. The fraction of sp³-hybridized carbons (Fsp3) is 0.529. The topological polar surface area (TPSA) is 46.2 Å². The minimum absolute atomic E-state index is 0.167. The van der Waals surface area contributed by atoms with Gasteiger partial charge in [0.1, 0.15) is 0 Å². The van der Waals surface area contributed by atoms with Crippen molar-refractivity contribution in [1.82, 2.24) is 4.72 Å². The van der Waals surface area contributed by atoms with E-state index < -0.39 is 10.0 Å². The van der Waals surface area contributed by atoms with Gasteiger partial charge in [-0.2, -0.15) is 0 Å². The van der Waals surface area contributed by atoms with Gasteiger partial charge in [0.2, 0.25) is 10.0 Å². The number of hydrogen-bond acceptors (Lipinski definition) is 2. The van der Waals surface area contributed by atoms with Gasteiger partial charge in [-0.3, -0.25) is 0 Å². The van der Waals surface area contributed by atoms with Crippen molar-refractivity contribution in [3.05, 3.63) is 42.5 Å². The van der Waals surface area contributed by atoms with Crippen LogP contribution in [-0.2, 0) is 10.0 Å². The Labute approximate surface area is 128 Å². The van der Waals surface area contributed by atoms with E-state index in [0.717, 1.165) is 37.7 Å². The molecule has 0 amide bonds. The van der Waals surface area contributed by atoms with E-state index in [9.17, 15) is 8.42 Å². The Bertz CT molecular complexity index is 571. The van der Waals surface area contributed by atoms with Gasteiger partial charge in [0.05, 0.1) is 4.90 Å². The highest BCUT2D eigenvalue weighted by Gasteiger charge is 2.37. The number of rotatable bonds is 8. The van der Waals surface area contributed by atoms with Gasteiger partial charge in [0.25, 0.3) is 0 Å². The Morgan fingerprint density at radius 3 is 2.48 bits per heavy atom. The van der Waals surface area contributed by atoms with Gasteiger partial charge in [0, 0.05) is 6.54 Å². The minimum atomic E-state index is -3.39. The quantitative estimate of drug-likeness (QED) is 0.586. The molecular formula is C17H25NO2S. The first-order valence-electron chi connectivity index (χ1n) is 7.65. The summed E-state index contributed by atoms with van der Waals surface area (Å²) in [7, 11) is -3.39. The van der Waals surface area contributed by atoms with Crippen LogP contribution in [0.2, 0.25) is 0 Å². The predicted octanol–water partition coefficient (Wildman–Crippen LogP) is 3.80. The molecule has 2 rings (SSSR count). The molecule has 1 aromatic rings. The molecule has 0 aliphatic heterocycles. The molecule has 0 spiro atoms. The second kappa shape index (κ2) is 6.75. The highest BCUT2D eigenvalue weighted by Crippen LogP contribution is 2.44. The number of sulfonamides is 1. The molecule has 3 nitrogen and oxygen atoms in total. The molecule has 4 heteroatoms. The molecule has 116 valence electrons. The van der Waals surface area contributed by atoms with Gasteiger partial charge < -0.3 is 0 Å². The Morgan fingerprint density at radius 2 is 1.95 bits per heavy atom. The van der Waals surface area contributed by atoms with Gasteiger partial charge in [-0.25, -0.2) is 13.1 Å². The normalized spacial score (nSPS) is 17.2. The van der Waals surface area contributed by atoms with Crippen LogP contribution in [0.1, 0.15) is 44.1 Å². The van der Waals surface area contributed by atoms with Crippen LogP contribution >= 0.6 is 0 Å². The van der Waals surface area contributed by atoms with Crippen molar-refractivity contribution in [2.75, 3.05) is 6.54 Å². The molecule has 1 aliphatic carbocycles. The maximum Gasteiger partial charge on any atom is 0.240 e. The lowest BCUT2D eigenvalue weighted by Gasteiger charge is -2.42. The van der Waals surface area contributed by atoms with Crippen LogP contribution in [0, 0.1) is 12.3 Å². The second-order valence-corrected chi connectivity index (χ2v) is 7.94. The fourth-order valence-corrected chi connectivity index (χ4v) is 4.02. The zero-order valence-corrected chi connectivity index (χ0v) is 13.6. The molecule has 0 atom stereocenters. The summed E-state index contributed by atoms with van der Waals surface area (Å²) < 4.78 is 27.5. The summed E-state index contributed by atoms with van der Waals surface area (Å²) >= 11 is 0. The van der Waals surface area contributed by atoms with Crippen molar-refractivity contribution < 1.29 is 8.42 Å². The lowest BCUT2D eigenvalue weighted by atomic mass is 9.66. The molecule has 0 unspecified atom stereocenters. The van der Waals surface area contributed by atoms with E-state index in [-0.39, 0.29) is 5.41 Å². The number of allylic oxidation sites excluding steroid dienone is 1. The highest BCUT2D eigenvalue weighted by atomic mass is 32.2. The monoisotopic (exact) mass is 307 g/mol. The SMILES string of the molecule is C=CCCCC1(CNS(=O)(=O)c2ccc(C)cc2)CCC1. The molecule has 1 saturated carbocycles. The van der Waals surface area contributed by atoms with Crippen LogP contribution in [0.4, 0.5) is 0 Å². The largest absolute Gasteiger partial charge is 0.240 e. The van der Waals surface area contributed by atoms with E-state index >= 15 is 0 Å². The molecule has 0 bridgehead atoms. The third kappa shape index (κ3) is 4.17. The molecule has 0 heterocycles. The Kier molecular flexibility index (Phi) is 5.22.